The molecule has 1 N–H and O–H groups in total. The molecule has 0 saturated heterocycles. The topological polar surface area (TPSA) is 124 Å². The third-order valence-corrected chi connectivity index (χ3v) is 11.5. The fourth-order valence-electron chi connectivity index (χ4n) is 8.41. The summed E-state index contributed by atoms with van der Waals surface area (Å²) in [7, 11) is 1.55. The highest BCUT2D eigenvalue weighted by molar-refractivity contribution is 6.15. The quantitative estimate of drug-likeness (QED) is 0.110. The average Bonchev–Trinajstić information content (AvgIpc) is 3.74. The third-order valence-electron chi connectivity index (χ3n) is 11.5. The van der Waals surface area contributed by atoms with Crippen LogP contribution in [-0.2, 0) is 30.8 Å². The molecule has 0 aliphatic carbocycles. The number of carbonyl (C=O) groups excluding carboxylic acids is 2. The summed E-state index contributed by atoms with van der Waals surface area (Å²) < 4.78 is 30.5. The number of methoxy groups -OCH3 is 1. The number of carbonyl (C=O) groups is 2. The number of rotatable bonds is 14. The number of ether oxygens (including phenoxy) is 5. The summed E-state index contributed by atoms with van der Waals surface area (Å²) in [6.07, 6.45) is 4.34. The third kappa shape index (κ3) is 7.75. The van der Waals surface area contributed by atoms with Crippen LogP contribution in [0.1, 0.15) is 69.1 Å². The smallest absolute Gasteiger partial charge is 0.261 e. The molecule has 5 aromatic rings. The van der Waals surface area contributed by atoms with Crippen LogP contribution in [0.4, 0.5) is 22.7 Å². The van der Waals surface area contributed by atoms with E-state index in [2.05, 4.69) is 31.3 Å². The van der Waals surface area contributed by atoms with E-state index in [1.807, 2.05) is 83.6 Å². The number of aryl methyl sites for hydroxylation is 1. The van der Waals surface area contributed by atoms with Crippen molar-refractivity contribution in [2.45, 2.75) is 65.3 Å². The zero-order valence-electron chi connectivity index (χ0n) is 34.4. The van der Waals surface area contributed by atoms with Crippen LogP contribution in [-0.4, -0.2) is 68.6 Å². The van der Waals surface area contributed by atoms with E-state index in [0.29, 0.717) is 89.9 Å². The highest BCUT2D eigenvalue weighted by atomic mass is 16.5. The van der Waals surface area contributed by atoms with Crippen molar-refractivity contribution >= 4 is 40.8 Å². The Labute approximate surface area is 350 Å². The van der Waals surface area contributed by atoms with Gasteiger partial charge in [0.1, 0.15) is 31.3 Å². The monoisotopic (exact) mass is 807 g/mol. The van der Waals surface area contributed by atoms with Crippen LogP contribution in [0.15, 0.2) is 89.9 Å². The number of aromatic nitrogens is 1. The minimum atomic E-state index is -0.171. The number of pyridine rings is 1. The molecule has 0 radical (unpaired) electrons. The molecular formula is C48H49N5O7. The average molecular weight is 808 g/mol. The van der Waals surface area contributed by atoms with Gasteiger partial charge in [0, 0.05) is 61.4 Å². The van der Waals surface area contributed by atoms with Crippen molar-refractivity contribution < 1.29 is 33.3 Å². The molecule has 0 bridgehead atoms. The Balaban J connectivity index is 0.934. The van der Waals surface area contributed by atoms with E-state index < -0.39 is 0 Å². The van der Waals surface area contributed by atoms with Crippen molar-refractivity contribution in [3.05, 3.63) is 124 Å². The van der Waals surface area contributed by atoms with Crippen molar-refractivity contribution in [3.8, 4) is 23.0 Å². The van der Waals surface area contributed by atoms with Gasteiger partial charge in [0.05, 0.1) is 59.7 Å². The van der Waals surface area contributed by atoms with Crippen molar-refractivity contribution in [2.24, 2.45) is 10.9 Å². The lowest BCUT2D eigenvalue weighted by Crippen LogP contribution is -2.39. The number of aliphatic imine (C=N–C) groups is 1. The minimum absolute atomic E-state index is 0.0143. The fraction of sp³-hybridized carbons (Fsp3) is 0.333. The SMILES string of the molecule is COc1cc2c(cc1OCc1cc(OCCOCCC(C)C)cc(COc3cc4c(cc3C)C(=O)N3c5ccccc5C[C@H]3CN4)n1)N=C[C@@H]1Cc3ccccc3N1C2=O. The molecule has 4 aliphatic rings. The van der Waals surface area contributed by atoms with Gasteiger partial charge in [-0.05, 0) is 66.6 Å². The number of fused-ring (bicyclic) bond motifs is 8. The molecule has 5 heterocycles. The molecule has 0 unspecified atom stereocenters. The normalized spacial score (nSPS) is 17.1. The second-order valence-corrected chi connectivity index (χ2v) is 16.1. The molecule has 1 aromatic heterocycles. The standard InChI is InChI=1S/C48H49N5O7/c1-29(2)13-14-57-15-16-58-37-20-33(27-59-44-23-40-38(17-30(44)3)47(54)52-35(25-49-40)18-31-9-5-7-11-42(31)52)51-34(21-37)28-60-46-24-41-39(22-45(46)56-4)48(55)53-36(26-50-41)19-32-10-6-8-12-43(32)53/h5-12,17,20-24,26,29,35-36,49H,13-16,18-19,25,27-28H2,1-4H3/t35-,36-/m0/s1. The summed E-state index contributed by atoms with van der Waals surface area (Å²) >= 11 is 0. The number of nitrogens with one attached hydrogen (secondary N) is 1. The number of para-hydroxylation sites is 2. The van der Waals surface area contributed by atoms with E-state index in [0.717, 1.165) is 41.0 Å². The number of hydrogen-bond donors (Lipinski definition) is 1. The summed E-state index contributed by atoms with van der Waals surface area (Å²) in [5.41, 5.74) is 8.58. The zero-order valence-corrected chi connectivity index (χ0v) is 34.4. The van der Waals surface area contributed by atoms with Gasteiger partial charge in [-0.1, -0.05) is 50.2 Å². The number of anilines is 3. The van der Waals surface area contributed by atoms with Gasteiger partial charge < -0.3 is 33.9 Å². The van der Waals surface area contributed by atoms with Gasteiger partial charge in [0.25, 0.3) is 11.8 Å². The lowest BCUT2D eigenvalue weighted by atomic mass is 10.1. The number of amides is 2. The van der Waals surface area contributed by atoms with Crippen LogP contribution in [0.25, 0.3) is 0 Å². The molecule has 12 heteroatoms. The Morgan fingerprint density at radius 3 is 2.20 bits per heavy atom. The van der Waals surface area contributed by atoms with E-state index in [1.165, 1.54) is 5.56 Å². The fourth-order valence-corrected chi connectivity index (χ4v) is 8.41. The Morgan fingerprint density at radius 1 is 0.750 bits per heavy atom. The van der Waals surface area contributed by atoms with Crippen LogP contribution < -0.4 is 34.1 Å². The van der Waals surface area contributed by atoms with E-state index in [4.69, 9.17) is 33.7 Å². The van der Waals surface area contributed by atoms with Gasteiger partial charge in [-0.2, -0.15) is 0 Å². The number of benzene rings is 4. The molecular weight excluding hydrogens is 759 g/mol. The highest BCUT2D eigenvalue weighted by Crippen LogP contribution is 2.42. The number of hydrogen-bond acceptors (Lipinski definition) is 10. The summed E-state index contributed by atoms with van der Waals surface area (Å²) in [6, 6.07) is 26.9. The molecule has 0 saturated carbocycles. The van der Waals surface area contributed by atoms with Gasteiger partial charge in [-0.25, -0.2) is 0 Å². The molecule has 0 spiro atoms. The van der Waals surface area contributed by atoms with Crippen LogP contribution >= 0.6 is 0 Å². The minimum Gasteiger partial charge on any atom is -0.493 e. The Morgan fingerprint density at radius 2 is 1.45 bits per heavy atom. The summed E-state index contributed by atoms with van der Waals surface area (Å²) in [4.78, 5) is 41.3. The van der Waals surface area contributed by atoms with E-state index in [-0.39, 0.29) is 37.1 Å². The summed E-state index contributed by atoms with van der Waals surface area (Å²) in [5, 5.41) is 3.52. The highest BCUT2D eigenvalue weighted by Gasteiger charge is 2.38. The molecule has 2 atom stereocenters. The van der Waals surface area contributed by atoms with Gasteiger partial charge in [-0.15, -0.1) is 0 Å². The van der Waals surface area contributed by atoms with Crippen LogP contribution in [0, 0.1) is 12.8 Å². The second-order valence-electron chi connectivity index (χ2n) is 16.1. The lowest BCUT2D eigenvalue weighted by Gasteiger charge is -2.22. The van der Waals surface area contributed by atoms with Crippen molar-refractivity contribution in [1.29, 1.82) is 0 Å². The van der Waals surface area contributed by atoms with Crippen molar-refractivity contribution in [2.75, 3.05) is 48.6 Å². The van der Waals surface area contributed by atoms with E-state index >= 15 is 0 Å². The van der Waals surface area contributed by atoms with E-state index in [1.54, 1.807) is 19.2 Å². The molecule has 12 nitrogen and oxygen atoms in total. The molecule has 308 valence electrons. The predicted octanol–water partition coefficient (Wildman–Crippen LogP) is 8.28. The Kier molecular flexibility index (Phi) is 10.9. The first kappa shape index (κ1) is 39.1. The first-order valence-electron chi connectivity index (χ1n) is 20.7. The molecule has 4 aromatic carbocycles. The second kappa shape index (κ2) is 16.7. The van der Waals surface area contributed by atoms with Crippen molar-refractivity contribution in [1.82, 2.24) is 4.98 Å². The van der Waals surface area contributed by atoms with Gasteiger partial charge in [0.15, 0.2) is 11.5 Å². The van der Waals surface area contributed by atoms with Gasteiger partial charge >= 0.3 is 0 Å². The molecule has 9 rings (SSSR count). The van der Waals surface area contributed by atoms with Gasteiger partial charge in [0.2, 0.25) is 0 Å². The Hall–Kier alpha value is -6.40. The summed E-state index contributed by atoms with van der Waals surface area (Å²) in [6.45, 7) is 8.63. The van der Waals surface area contributed by atoms with Crippen LogP contribution in [0.5, 0.6) is 23.0 Å². The van der Waals surface area contributed by atoms with E-state index in [9.17, 15) is 9.59 Å². The maximum Gasteiger partial charge on any atom is 0.261 e. The largest absolute Gasteiger partial charge is 0.493 e. The first-order chi connectivity index (χ1) is 29.2. The first-order valence-corrected chi connectivity index (χ1v) is 20.7. The Bertz CT molecular complexity index is 2480. The molecule has 2 amide bonds. The van der Waals surface area contributed by atoms with Crippen LogP contribution in [0.2, 0.25) is 0 Å². The van der Waals surface area contributed by atoms with Gasteiger partial charge in [-0.3, -0.25) is 24.5 Å². The predicted molar refractivity (Wildman–Crippen MR) is 231 cm³/mol. The van der Waals surface area contributed by atoms with Crippen molar-refractivity contribution in [3.63, 3.8) is 0 Å². The maximum absolute atomic E-state index is 13.9. The zero-order chi connectivity index (χ0) is 41.3. The maximum atomic E-state index is 13.9. The molecule has 0 fully saturated rings. The summed E-state index contributed by atoms with van der Waals surface area (Å²) in [5.74, 6) is 2.50. The van der Waals surface area contributed by atoms with Crippen LogP contribution in [0.3, 0.4) is 0 Å². The number of nitrogens with zero attached hydrogens (tertiary/aromatic N) is 4. The lowest BCUT2D eigenvalue weighted by molar-refractivity contribution is 0.0924. The molecule has 60 heavy (non-hydrogen) atoms. The molecule has 4 aliphatic heterocycles.